The number of hydrogen-bond donors (Lipinski definition) is 3. The lowest BCUT2D eigenvalue weighted by molar-refractivity contribution is 0.0963. The number of carbonyl (C=O) groups is 1. The lowest BCUT2D eigenvalue weighted by Crippen LogP contribution is -2.18. The second-order valence-corrected chi connectivity index (χ2v) is 4.58. The molecule has 0 aliphatic heterocycles. The first-order valence-electron chi connectivity index (χ1n) is 6.62. The molecule has 0 heterocycles. The second-order valence-electron chi connectivity index (χ2n) is 4.58. The standard InChI is InChI=1S/C16H19N3O2/c1-18-16(20)12-5-8-14(17)15(9-12)19-10-11-3-6-13(21-2)7-4-11/h3-9,19H,10,17H2,1-2H3,(H,18,20). The highest BCUT2D eigenvalue weighted by Gasteiger charge is 2.06. The van der Waals surface area contributed by atoms with Crippen LogP contribution in [0, 0.1) is 0 Å². The fourth-order valence-corrected chi connectivity index (χ4v) is 1.94. The Bertz CT molecular complexity index is 624. The minimum Gasteiger partial charge on any atom is -0.497 e. The van der Waals surface area contributed by atoms with Gasteiger partial charge in [0.15, 0.2) is 0 Å². The Kier molecular flexibility index (Phi) is 4.66. The third-order valence-corrected chi connectivity index (χ3v) is 3.18. The van der Waals surface area contributed by atoms with Crippen LogP contribution in [0.15, 0.2) is 42.5 Å². The van der Waals surface area contributed by atoms with Gasteiger partial charge in [0.25, 0.3) is 5.91 Å². The van der Waals surface area contributed by atoms with E-state index < -0.39 is 0 Å². The summed E-state index contributed by atoms with van der Waals surface area (Å²) in [5.41, 5.74) is 8.95. The largest absolute Gasteiger partial charge is 0.497 e. The molecule has 2 rings (SSSR count). The zero-order chi connectivity index (χ0) is 15.2. The highest BCUT2D eigenvalue weighted by atomic mass is 16.5. The van der Waals surface area contributed by atoms with Crippen molar-refractivity contribution in [2.24, 2.45) is 0 Å². The van der Waals surface area contributed by atoms with Crippen molar-refractivity contribution in [3.05, 3.63) is 53.6 Å². The Balaban J connectivity index is 2.09. The number of ether oxygens (including phenoxy) is 1. The first-order chi connectivity index (χ1) is 10.1. The molecular formula is C16H19N3O2. The summed E-state index contributed by atoms with van der Waals surface area (Å²) >= 11 is 0. The molecule has 0 aliphatic carbocycles. The molecule has 2 aromatic carbocycles. The van der Waals surface area contributed by atoms with Gasteiger partial charge in [0.05, 0.1) is 18.5 Å². The first-order valence-corrected chi connectivity index (χ1v) is 6.62. The first kappa shape index (κ1) is 14.7. The summed E-state index contributed by atoms with van der Waals surface area (Å²) in [6.07, 6.45) is 0. The molecular weight excluding hydrogens is 266 g/mol. The van der Waals surface area contributed by atoms with Crippen molar-refractivity contribution in [3.63, 3.8) is 0 Å². The van der Waals surface area contributed by atoms with E-state index in [9.17, 15) is 4.79 Å². The number of amides is 1. The topological polar surface area (TPSA) is 76.4 Å². The summed E-state index contributed by atoms with van der Waals surface area (Å²) in [6, 6.07) is 12.9. The van der Waals surface area contributed by atoms with Crippen molar-refractivity contribution in [3.8, 4) is 5.75 Å². The van der Waals surface area contributed by atoms with E-state index >= 15 is 0 Å². The predicted molar refractivity (Wildman–Crippen MR) is 84.6 cm³/mol. The zero-order valence-electron chi connectivity index (χ0n) is 12.1. The molecule has 5 nitrogen and oxygen atoms in total. The van der Waals surface area contributed by atoms with Crippen molar-refractivity contribution in [2.75, 3.05) is 25.2 Å². The van der Waals surface area contributed by atoms with E-state index in [1.807, 2.05) is 24.3 Å². The monoisotopic (exact) mass is 285 g/mol. The van der Waals surface area contributed by atoms with Gasteiger partial charge in [-0.25, -0.2) is 0 Å². The van der Waals surface area contributed by atoms with Crippen LogP contribution in [-0.4, -0.2) is 20.1 Å². The molecule has 0 aliphatic rings. The number of nitrogens with two attached hydrogens (primary N) is 1. The molecule has 0 atom stereocenters. The van der Waals surface area contributed by atoms with Crippen molar-refractivity contribution >= 4 is 17.3 Å². The number of nitrogen functional groups attached to an aromatic ring is 1. The maximum Gasteiger partial charge on any atom is 0.251 e. The maximum absolute atomic E-state index is 11.6. The highest BCUT2D eigenvalue weighted by molar-refractivity contribution is 5.96. The Hall–Kier alpha value is -2.69. The summed E-state index contributed by atoms with van der Waals surface area (Å²) in [7, 11) is 3.24. The molecule has 0 saturated carbocycles. The normalized spacial score (nSPS) is 10.0. The zero-order valence-corrected chi connectivity index (χ0v) is 12.1. The summed E-state index contributed by atoms with van der Waals surface area (Å²) in [5.74, 6) is 0.683. The van der Waals surface area contributed by atoms with Crippen molar-refractivity contribution in [1.82, 2.24) is 5.32 Å². The fourth-order valence-electron chi connectivity index (χ4n) is 1.94. The molecule has 0 fully saturated rings. The van der Waals surface area contributed by atoms with Gasteiger partial charge in [0.1, 0.15) is 5.75 Å². The highest BCUT2D eigenvalue weighted by Crippen LogP contribution is 2.21. The van der Waals surface area contributed by atoms with Gasteiger partial charge in [0, 0.05) is 19.2 Å². The van der Waals surface area contributed by atoms with Gasteiger partial charge in [-0.05, 0) is 35.9 Å². The lowest BCUT2D eigenvalue weighted by Gasteiger charge is -2.11. The number of nitrogens with one attached hydrogen (secondary N) is 2. The van der Waals surface area contributed by atoms with Crippen molar-refractivity contribution in [1.29, 1.82) is 0 Å². The van der Waals surface area contributed by atoms with E-state index in [-0.39, 0.29) is 5.91 Å². The Labute approximate surface area is 124 Å². The quantitative estimate of drug-likeness (QED) is 0.736. The molecule has 1 amide bonds. The van der Waals surface area contributed by atoms with E-state index in [1.165, 1.54) is 0 Å². The minimum absolute atomic E-state index is 0.137. The third-order valence-electron chi connectivity index (χ3n) is 3.18. The molecule has 0 unspecified atom stereocenters. The summed E-state index contributed by atoms with van der Waals surface area (Å²) in [5, 5.41) is 5.83. The second kappa shape index (κ2) is 6.65. The van der Waals surface area contributed by atoms with E-state index in [0.29, 0.717) is 17.8 Å². The molecule has 0 saturated heterocycles. The van der Waals surface area contributed by atoms with Crippen molar-refractivity contribution in [2.45, 2.75) is 6.54 Å². The molecule has 4 N–H and O–H groups in total. The van der Waals surface area contributed by atoms with Crippen LogP contribution in [0.5, 0.6) is 5.75 Å². The van der Waals surface area contributed by atoms with Crippen LogP contribution in [0.4, 0.5) is 11.4 Å². The van der Waals surface area contributed by atoms with Gasteiger partial charge >= 0.3 is 0 Å². The molecule has 0 radical (unpaired) electrons. The molecule has 110 valence electrons. The summed E-state index contributed by atoms with van der Waals surface area (Å²) < 4.78 is 5.12. The Morgan fingerprint density at radius 2 is 1.90 bits per heavy atom. The Morgan fingerprint density at radius 3 is 2.52 bits per heavy atom. The summed E-state index contributed by atoms with van der Waals surface area (Å²) in [6.45, 7) is 0.616. The van der Waals surface area contributed by atoms with Crippen molar-refractivity contribution < 1.29 is 9.53 Å². The molecule has 21 heavy (non-hydrogen) atoms. The van der Waals surface area contributed by atoms with Gasteiger partial charge in [-0.1, -0.05) is 12.1 Å². The van der Waals surface area contributed by atoms with Crippen LogP contribution < -0.4 is 21.1 Å². The Morgan fingerprint density at radius 1 is 1.19 bits per heavy atom. The van der Waals surface area contributed by atoms with Crippen LogP contribution in [0.1, 0.15) is 15.9 Å². The van der Waals surface area contributed by atoms with E-state index in [0.717, 1.165) is 17.0 Å². The average Bonchev–Trinajstić information content (AvgIpc) is 2.53. The molecule has 0 bridgehead atoms. The lowest BCUT2D eigenvalue weighted by atomic mass is 10.1. The fraction of sp³-hybridized carbons (Fsp3) is 0.188. The van der Waals surface area contributed by atoms with Gasteiger partial charge in [-0.15, -0.1) is 0 Å². The van der Waals surface area contributed by atoms with Crippen LogP contribution in [-0.2, 0) is 6.54 Å². The molecule has 0 spiro atoms. The molecule has 0 aromatic heterocycles. The van der Waals surface area contributed by atoms with Crippen LogP contribution >= 0.6 is 0 Å². The number of anilines is 2. The smallest absolute Gasteiger partial charge is 0.251 e. The number of rotatable bonds is 5. The van der Waals surface area contributed by atoms with Crippen LogP contribution in [0.25, 0.3) is 0 Å². The minimum atomic E-state index is -0.137. The SMILES string of the molecule is CNC(=O)c1ccc(N)c(NCc2ccc(OC)cc2)c1. The number of carbonyl (C=O) groups excluding carboxylic acids is 1. The third kappa shape index (κ3) is 3.66. The van der Waals surface area contributed by atoms with E-state index in [4.69, 9.17) is 10.5 Å². The van der Waals surface area contributed by atoms with Crippen LogP contribution in [0.2, 0.25) is 0 Å². The van der Waals surface area contributed by atoms with Gasteiger partial charge in [-0.2, -0.15) is 0 Å². The van der Waals surface area contributed by atoms with Gasteiger partial charge in [-0.3, -0.25) is 4.79 Å². The number of methoxy groups -OCH3 is 1. The average molecular weight is 285 g/mol. The number of benzene rings is 2. The van der Waals surface area contributed by atoms with E-state index in [1.54, 1.807) is 32.4 Å². The van der Waals surface area contributed by atoms with Gasteiger partial charge < -0.3 is 21.1 Å². The van der Waals surface area contributed by atoms with Crippen LogP contribution in [0.3, 0.4) is 0 Å². The summed E-state index contributed by atoms with van der Waals surface area (Å²) in [4.78, 5) is 11.6. The van der Waals surface area contributed by atoms with E-state index in [2.05, 4.69) is 10.6 Å². The molecule has 2 aromatic rings. The predicted octanol–water partition coefficient (Wildman–Crippen LogP) is 2.25. The maximum atomic E-state index is 11.6. The number of hydrogen-bond acceptors (Lipinski definition) is 4. The molecule has 5 heteroatoms. The van der Waals surface area contributed by atoms with Gasteiger partial charge in [0.2, 0.25) is 0 Å².